The van der Waals surface area contributed by atoms with Gasteiger partial charge in [-0.1, -0.05) is 30.3 Å². The van der Waals surface area contributed by atoms with Gasteiger partial charge in [0, 0.05) is 11.4 Å². The van der Waals surface area contributed by atoms with Gasteiger partial charge >= 0.3 is 0 Å². The predicted octanol–water partition coefficient (Wildman–Crippen LogP) is 4.26. The van der Waals surface area contributed by atoms with Crippen LogP contribution in [0.2, 0.25) is 0 Å². The fourth-order valence-corrected chi connectivity index (χ4v) is 3.81. The first kappa shape index (κ1) is 17.6. The van der Waals surface area contributed by atoms with E-state index in [1.54, 1.807) is 24.3 Å². The Bertz CT molecular complexity index is 984. The molecule has 4 N–H and O–H groups in total. The molecule has 1 aliphatic carbocycles. The third-order valence-electron chi connectivity index (χ3n) is 5.38. The summed E-state index contributed by atoms with van der Waals surface area (Å²) in [6.45, 7) is 0. The highest BCUT2D eigenvalue weighted by Gasteiger charge is 2.62. The molecular formula is C24H22N2O3. The lowest BCUT2D eigenvalue weighted by Gasteiger charge is -2.34. The van der Waals surface area contributed by atoms with Crippen molar-refractivity contribution >= 4 is 11.4 Å². The standard InChI is InChI=1S/C24H22N2O3/c25-18-6-10-20(11-7-18)27-23(28-21-12-8-19(26)9-13-21)14-15-24(22(16-23)29-24)17-4-2-1-3-5-17/h1-15,22H,16,25-26H2. The SMILES string of the molecule is Nc1ccc(OC2(Oc3ccc(N)cc3)C=CC3(c4ccccc4)OC3C2)cc1. The Morgan fingerprint density at radius 2 is 1.28 bits per heavy atom. The number of ether oxygens (including phenoxy) is 3. The molecular weight excluding hydrogens is 364 g/mol. The molecule has 146 valence electrons. The molecule has 1 fully saturated rings. The van der Waals surface area contributed by atoms with Crippen molar-refractivity contribution < 1.29 is 14.2 Å². The van der Waals surface area contributed by atoms with Crippen molar-refractivity contribution in [2.75, 3.05) is 11.5 Å². The summed E-state index contributed by atoms with van der Waals surface area (Å²) in [5, 5.41) is 0. The first-order chi connectivity index (χ1) is 14.1. The summed E-state index contributed by atoms with van der Waals surface area (Å²) >= 11 is 0. The fraction of sp³-hybridized carbons (Fsp3) is 0.167. The van der Waals surface area contributed by atoms with E-state index in [0.29, 0.717) is 29.3 Å². The zero-order valence-electron chi connectivity index (χ0n) is 15.8. The monoisotopic (exact) mass is 386 g/mol. The average Bonchev–Trinajstić information content (AvgIpc) is 3.47. The molecule has 2 aliphatic rings. The number of nitrogens with two attached hydrogens (primary N) is 2. The molecule has 0 amide bonds. The van der Waals surface area contributed by atoms with Gasteiger partial charge in [0.15, 0.2) is 0 Å². The molecule has 2 unspecified atom stereocenters. The van der Waals surface area contributed by atoms with Gasteiger partial charge in [-0.15, -0.1) is 0 Å². The number of anilines is 2. The van der Waals surface area contributed by atoms with Crippen molar-refractivity contribution in [3.8, 4) is 11.5 Å². The highest BCUT2D eigenvalue weighted by Crippen LogP contribution is 2.54. The molecule has 0 aromatic heterocycles. The fourth-order valence-electron chi connectivity index (χ4n) is 3.81. The van der Waals surface area contributed by atoms with E-state index >= 15 is 0 Å². The highest BCUT2D eigenvalue weighted by atomic mass is 16.7. The molecule has 5 nitrogen and oxygen atoms in total. The van der Waals surface area contributed by atoms with E-state index in [4.69, 9.17) is 25.7 Å². The third-order valence-corrected chi connectivity index (χ3v) is 5.38. The number of epoxide rings is 1. The van der Waals surface area contributed by atoms with Gasteiger partial charge in [0.25, 0.3) is 5.79 Å². The van der Waals surface area contributed by atoms with Crippen LogP contribution in [0.15, 0.2) is 91.0 Å². The van der Waals surface area contributed by atoms with Crippen LogP contribution in [0.1, 0.15) is 12.0 Å². The maximum absolute atomic E-state index is 6.33. The van der Waals surface area contributed by atoms with E-state index in [9.17, 15) is 0 Å². The van der Waals surface area contributed by atoms with Crippen LogP contribution >= 0.6 is 0 Å². The Kier molecular flexibility index (Phi) is 4.00. The highest BCUT2D eigenvalue weighted by molar-refractivity contribution is 5.44. The zero-order valence-corrected chi connectivity index (χ0v) is 15.8. The molecule has 1 aliphatic heterocycles. The van der Waals surface area contributed by atoms with E-state index in [1.165, 1.54) is 0 Å². The zero-order chi connectivity index (χ0) is 19.9. The van der Waals surface area contributed by atoms with E-state index in [-0.39, 0.29) is 6.10 Å². The van der Waals surface area contributed by atoms with Gasteiger partial charge in [-0.25, -0.2) is 0 Å². The molecule has 1 saturated heterocycles. The molecule has 5 rings (SSSR count). The average molecular weight is 386 g/mol. The maximum Gasteiger partial charge on any atom is 0.273 e. The molecule has 1 heterocycles. The summed E-state index contributed by atoms with van der Waals surface area (Å²) in [4.78, 5) is 0. The molecule has 2 atom stereocenters. The van der Waals surface area contributed by atoms with E-state index in [0.717, 1.165) is 5.56 Å². The Morgan fingerprint density at radius 1 is 0.724 bits per heavy atom. The van der Waals surface area contributed by atoms with Crippen LogP contribution in [0.4, 0.5) is 11.4 Å². The minimum atomic E-state index is -0.994. The summed E-state index contributed by atoms with van der Waals surface area (Å²) in [6, 6.07) is 24.8. The molecule has 29 heavy (non-hydrogen) atoms. The smallest absolute Gasteiger partial charge is 0.273 e. The Balaban J connectivity index is 1.48. The first-order valence-electron chi connectivity index (χ1n) is 9.60. The quantitative estimate of drug-likeness (QED) is 0.296. The van der Waals surface area contributed by atoms with Crippen molar-refractivity contribution in [1.82, 2.24) is 0 Å². The molecule has 0 radical (unpaired) electrons. The molecule has 3 aromatic rings. The van der Waals surface area contributed by atoms with Crippen LogP contribution in [0.3, 0.4) is 0 Å². The topological polar surface area (TPSA) is 83.0 Å². The van der Waals surface area contributed by atoms with Gasteiger partial charge in [-0.05, 0) is 66.2 Å². The number of hydrogen-bond acceptors (Lipinski definition) is 5. The number of hydrogen-bond donors (Lipinski definition) is 2. The number of nitrogen functional groups attached to an aromatic ring is 2. The summed E-state index contributed by atoms with van der Waals surface area (Å²) in [5.74, 6) is 0.352. The minimum Gasteiger partial charge on any atom is -0.449 e. The van der Waals surface area contributed by atoms with Gasteiger partial charge in [0.05, 0.1) is 6.42 Å². The van der Waals surface area contributed by atoms with Gasteiger partial charge in [-0.2, -0.15) is 0 Å². The number of fused-ring (bicyclic) bond motifs is 1. The van der Waals surface area contributed by atoms with Crippen LogP contribution in [0.25, 0.3) is 0 Å². The molecule has 0 spiro atoms. The summed E-state index contributed by atoms with van der Waals surface area (Å²) in [7, 11) is 0. The van der Waals surface area contributed by atoms with Gasteiger partial charge in [0.1, 0.15) is 23.2 Å². The van der Waals surface area contributed by atoms with Gasteiger partial charge < -0.3 is 25.7 Å². The second kappa shape index (κ2) is 6.57. The van der Waals surface area contributed by atoms with E-state index in [2.05, 4.69) is 12.1 Å². The maximum atomic E-state index is 6.33. The van der Waals surface area contributed by atoms with Gasteiger partial charge in [-0.3, -0.25) is 0 Å². The Morgan fingerprint density at radius 3 is 1.79 bits per heavy atom. The van der Waals surface area contributed by atoms with Crippen LogP contribution in [0.5, 0.6) is 11.5 Å². The van der Waals surface area contributed by atoms with Crippen molar-refractivity contribution in [3.63, 3.8) is 0 Å². The number of rotatable bonds is 5. The molecule has 0 bridgehead atoms. The van der Waals surface area contributed by atoms with E-state index in [1.807, 2.05) is 54.6 Å². The predicted molar refractivity (Wildman–Crippen MR) is 112 cm³/mol. The molecule has 3 aromatic carbocycles. The summed E-state index contributed by atoms with van der Waals surface area (Å²) in [6.07, 6.45) is 4.52. The summed E-state index contributed by atoms with van der Waals surface area (Å²) in [5.41, 5.74) is 13.7. The second-order valence-corrected chi connectivity index (χ2v) is 7.46. The normalized spacial score (nSPS) is 23.8. The van der Waals surface area contributed by atoms with Crippen molar-refractivity contribution in [1.29, 1.82) is 0 Å². The lowest BCUT2D eigenvalue weighted by atomic mass is 9.86. The van der Waals surface area contributed by atoms with Crippen LogP contribution < -0.4 is 20.9 Å². The van der Waals surface area contributed by atoms with Gasteiger partial charge in [0.2, 0.25) is 0 Å². The van der Waals surface area contributed by atoms with E-state index < -0.39 is 11.4 Å². The lowest BCUT2D eigenvalue weighted by Crippen LogP contribution is -2.44. The van der Waals surface area contributed by atoms with Crippen molar-refractivity contribution in [3.05, 3.63) is 96.6 Å². The summed E-state index contributed by atoms with van der Waals surface area (Å²) < 4.78 is 18.8. The second-order valence-electron chi connectivity index (χ2n) is 7.46. The van der Waals surface area contributed by atoms with Crippen LogP contribution in [-0.2, 0) is 10.3 Å². The Labute approximate surface area is 169 Å². The Hall–Kier alpha value is -3.44. The number of benzene rings is 3. The lowest BCUT2D eigenvalue weighted by molar-refractivity contribution is -0.0823. The first-order valence-corrected chi connectivity index (χ1v) is 9.60. The van der Waals surface area contributed by atoms with Crippen molar-refractivity contribution in [2.24, 2.45) is 0 Å². The van der Waals surface area contributed by atoms with Crippen molar-refractivity contribution in [2.45, 2.75) is 23.9 Å². The van der Waals surface area contributed by atoms with Crippen LogP contribution in [-0.4, -0.2) is 11.9 Å². The minimum absolute atomic E-state index is 0.0301. The third kappa shape index (κ3) is 3.30. The molecule has 0 saturated carbocycles. The molecule has 5 heteroatoms. The largest absolute Gasteiger partial charge is 0.449 e. The van der Waals surface area contributed by atoms with Crippen LogP contribution in [0, 0.1) is 0 Å².